The van der Waals surface area contributed by atoms with Gasteiger partial charge in [-0.1, -0.05) is 66.4 Å². The van der Waals surface area contributed by atoms with Crippen molar-refractivity contribution in [2.24, 2.45) is 0 Å². The highest BCUT2D eigenvalue weighted by molar-refractivity contribution is 6.08. The summed E-state index contributed by atoms with van der Waals surface area (Å²) in [6.07, 6.45) is 0. The Kier molecular flexibility index (Phi) is 3.79. The van der Waals surface area contributed by atoms with Crippen molar-refractivity contribution in [3.05, 3.63) is 120 Å². The van der Waals surface area contributed by atoms with E-state index in [1.165, 1.54) is 43.1 Å². The molecule has 6 rings (SSSR count). The van der Waals surface area contributed by atoms with Gasteiger partial charge in [-0.15, -0.1) is 0 Å². The molecule has 0 heterocycles. The third-order valence-electron chi connectivity index (χ3n) is 5.77. The highest BCUT2D eigenvalue weighted by atomic mass is 14.1. The van der Waals surface area contributed by atoms with Crippen LogP contribution in [0.3, 0.4) is 0 Å². The quantitative estimate of drug-likeness (QED) is 0.188. The van der Waals surface area contributed by atoms with Gasteiger partial charge in [0.1, 0.15) is 0 Å². The van der Waals surface area contributed by atoms with Crippen LogP contribution < -0.4 is 0 Å². The summed E-state index contributed by atoms with van der Waals surface area (Å²) in [4.78, 5) is 0. The molecule has 0 bridgehead atoms. The van der Waals surface area contributed by atoms with Crippen LogP contribution in [0.1, 0.15) is 11.1 Å². The molecule has 0 amide bonds. The fraction of sp³-hybridized carbons (Fsp3) is 0. The summed E-state index contributed by atoms with van der Waals surface area (Å²) in [5.41, 5.74) is 2.10. The van der Waals surface area contributed by atoms with Crippen LogP contribution in [0, 0.1) is 11.8 Å². The number of hydrogen-bond acceptors (Lipinski definition) is 0. The zero-order valence-corrected chi connectivity index (χ0v) is 16.4. The lowest BCUT2D eigenvalue weighted by molar-refractivity contribution is 1.64. The van der Waals surface area contributed by atoms with Crippen LogP contribution >= 0.6 is 0 Å². The smallest absolute Gasteiger partial charge is 0.0327 e. The zero-order chi connectivity index (χ0) is 19.9. The Morgan fingerprint density at radius 2 is 0.900 bits per heavy atom. The number of rotatable bonds is 0. The second-order valence-electron chi connectivity index (χ2n) is 7.74. The first-order chi connectivity index (χ1) is 14.8. The lowest BCUT2D eigenvalue weighted by Crippen LogP contribution is -1.83. The predicted molar refractivity (Wildman–Crippen MR) is 129 cm³/mol. The lowest BCUT2D eigenvalue weighted by atomic mass is 9.96. The molecule has 30 heavy (non-hydrogen) atoms. The largest absolute Gasteiger partial charge is 0.0622 e. The van der Waals surface area contributed by atoms with E-state index in [2.05, 4.69) is 90.7 Å². The maximum atomic E-state index is 3.38. The van der Waals surface area contributed by atoms with Crippen LogP contribution in [0.4, 0.5) is 0 Å². The molecule has 0 N–H and O–H groups in total. The van der Waals surface area contributed by atoms with Gasteiger partial charge in [0.05, 0.1) is 0 Å². The molecule has 6 aromatic rings. The van der Waals surface area contributed by atoms with E-state index in [4.69, 9.17) is 0 Å². The fourth-order valence-electron chi connectivity index (χ4n) is 4.24. The Hall–Kier alpha value is -4.08. The van der Waals surface area contributed by atoms with Crippen molar-refractivity contribution in [1.82, 2.24) is 0 Å². The van der Waals surface area contributed by atoms with Crippen molar-refractivity contribution in [2.75, 3.05) is 0 Å². The molecular formula is C30H18. The molecule has 0 saturated carbocycles. The molecule has 0 radical (unpaired) electrons. The SMILES string of the molecule is C(#Cc1cccc2cc3cc4cc5ccccc5cc4cc3cc12)c1ccccc1. The Labute approximate surface area is 175 Å². The summed E-state index contributed by atoms with van der Waals surface area (Å²) in [5.74, 6) is 6.68. The molecular weight excluding hydrogens is 360 g/mol. The monoisotopic (exact) mass is 378 g/mol. The van der Waals surface area contributed by atoms with Crippen molar-refractivity contribution >= 4 is 43.1 Å². The number of benzene rings is 6. The molecule has 0 unspecified atom stereocenters. The molecule has 6 aromatic carbocycles. The van der Waals surface area contributed by atoms with Crippen LogP contribution in [0.5, 0.6) is 0 Å². The van der Waals surface area contributed by atoms with Gasteiger partial charge in [-0.3, -0.25) is 0 Å². The summed E-state index contributed by atoms with van der Waals surface area (Å²) in [7, 11) is 0. The number of fused-ring (bicyclic) bond motifs is 4. The van der Waals surface area contributed by atoms with Crippen molar-refractivity contribution in [3.8, 4) is 11.8 Å². The predicted octanol–water partition coefficient (Wildman–Crippen LogP) is 7.70. The second-order valence-corrected chi connectivity index (χ2v) is 7.74. The maximum Gasteiger partial charge on any atom is 0.0327 e. The van der Waals surface area contributed by atoms with Crippen molar-refractivity contribution in [2.45, 2.75) is 0 Å². The minimum absolute atomic E-state index is 1.04. The minimum atomic E-state index is 1.04. The average molecular weight is 378 g/mol. The van der Waals surface area contributed by atoms with Crippen molar-refractivity contribution in [3.63, 3.8) is 0 Å². The van der Waals surface area contributed by atoms with Gasteiger partial charge in [0.15, 0.2) is 0 Å². The molecule has 0 atom stereocenters. The molecule has 0 heteroatoms. The molecule has 0 aromatic heterocycles. The second kappa shape index (κ2) is 6.76. The molecule has 0 saturated heterocycles. The van der Waals surface area contributed by atoms with E-state index in [0.717, 1.165) is 11.1 Å². The highest BCUT2D eigenvalue weighted by Crippen LogP contribution is 2.31. The van der Waals surface area contributed by atoms with Crippen LogP contribution in [-0.4, -0.2) is 0 Å². The normalized spacial score (nSPS) is 11.1. The molecule has 0 aliphatic carbocycles. The Balaban J connectivity index is 1.58. The Morgan fingerprint density at radius 1 is 0.367 bits per heavy atom. The van der Waals surface area contributed by atoms with Crippen LogP contribution in [0.25, 0.3) is 43.1 Å². The van der Waals surface area contributed by atoms with Crippen molar-refractivity contribution in [1.29, 1.82) is 0 Å². The fourth-order valence-corrected chi connectivity index (χ4v) is 4.24. The van der Waals surface area contributed by atoms with E-state index in [-0.39, 0.29) is 0 Å². The van der Waals surface area contributed by atoms with Gasteiger partial charge in [-0.2, -0.15) is 0 Å². The number of hydrogen-bond donors (Lipinski definition) is 0. The Bertz CT molecular complexity index is 1630. The molecule has 0 aliphatic heterocycles. The van der Waals surface area contributed by atoms with Gasteiger partial charge >= 0.3 is 0 Å². The molecule has 138 valence electrons. The summed E-state index contributed by atoms with van der Waals surface area (Å²) in [6, 6.07) is 38.8. The van der Waals surface area contributed by atoms with E-state index in [1.54, 1.807) is 0 Å². The van der Waals surface area contributed by atoms with E-state index < -0.39 is 0 Å². The zero-order valence-electron chi connectivity index (χ0n) is 16.4. The first kappa shape index (κ1) is 16.8. The Morgan fingerprint density at radius 3 is 1.60 bits per heavy atom. The molecule has 0 spiro atoms. The van der Waals surface area contributed by atoms with E-state index in [0.29, 0.717) is 0 Å². The third-order valence-corrected chi connectivity index (χ3v) is 5.77. The van der Waals surface area contributed by atoms with E-state index in [1.807, 2.05) is 30.3 Å². The molecule has 0 fully saturated rings. The van der Waals surface area contributed by atoms with Crippen LogP contribution in [0.2, 0.25) is 0 Å². The summed E-state index contributed by atoms with van der Waals surface area (Å²) >= 11 is 0. The lowest BCUT2D eigenvalue weighted by Gasteiger charge is -2.08. The van der Waals surface area contributed by atoms with E-state index >= 15 is 0 Å². The van der Waals surface area contributed by atoms with Gasteiger partial charge in [-0.25, -0.2) is 0 Å². The summed E-state index contributed by atoms with van der Waals surface area (Å²) < 4.78 is 0. The highest BCUT2D eigenvalue weighted by Gasteiger charge is 2.05. The first-order valence-electron chi connectivity index (χ1n) is 10.2. The first-order valence-corrected chi connectivity index (χ1v) is 10.2. The van der Waals surface area contributed by atoms with Crippen molar-refractivity contribution < 1.29 is 0 Å². The maximum absolute atomic E-state index is 3.38. The third kappa shape index (κ3) is 2.89. The van der Waals surface area contributed by atoms with Gasteiger partial charge < -0.3 is 0 Å². The minimum Gasteiger partial charge on any atom is -0.0622 e. The molecule has 0 nitrogen and oxygen atoms in total. The molecule has 0 aliphatic rings. The summed E-state index contributed by atoms with van der Waals surface area (Å²) in [5, 5.41) is 10.0. The van der Waals surface area contributed by atoms with Crippen LogP contribution in [-0.2, 0) is 0 Å². The standard InChI is InChI=1S/C30H18/c1-2-7-21(8-3-1)13-14-22-11-6-12-25-17-28-18-26-15-23-9-4-5-10-24(23)16-27(26)19-29(28)20-30(22)25/h1-12,15-20H. The van der Waals surface area contributed by atoms with Gasteiger partial charge in [0.25, 0.3) is 0 Å². The van der Waals surface area contributed by atoms with E-state index in [9.17, 15) is 0 Å². The van der Waals surface area contributed by atoms with Gasteiger partial charge in [0, 0.05) is 11.1 Å². The van der Waals surface area contributed by atoms with Crippen LogP contribution in [0.15, 0.2) is 109 Å². The van der Waals surface area contributed by atoms with Gasteiger partial charge in [0.2, 0.25) is 0 Å². The van der Waals surface area contributed by atoms with Gasteiger partial charge in [-0.05, 0) is 97.7 Å². The average Bonchev–Trinajstić information content (AvgIpc) is 2.79. The summed E-state index contributed by atoms with van der Waals surface area (Å²) in [6.45, 7) is 0. The topological polar surface area (TPSA) is 0 Å².